The van der Waals surface area contributed by atoms with E-state index in [-0.39, 0.29) is 23.4 Å². The molecule has 0 saturated heterocycles. The molecule has 0 bridgehead atoms. The fraction of sp³-hybridized carbons (Fsp3) is 0.238. The Morgan fingerprint density at radius 1 is 1.26 bits per heavy atom. The normalized spacial score (nSPS) is 12.0. The Labute approximate surface area is 163 Å². The highest BCUT2D eigenvalue weighted by atomic mass is 35.5. The van der Waals surface area contributed by atoms with Crippen LogP contribution in [0.3, 0.4) is 0 Å². The van der Waals surface area contributed by atoms with Crippen molar-refractivity contribution in [2.75, 3.05) is 0 Å². The summed E-state index contributed by atoms with van der Waals surface area (Å²) in [5, 5.41) is 7.70. The summed E-state index contributed by atoms with van der Waals surface area (Å²) in [6, 6.07) is 11.8. The second-order valence-electron chi connectivity index (χ2n) is 6.59. The van der Waals surface area contributed by atoms with Crippen molar-refractivity contribution < 1.29 is 9.18 Å². The molecule has 0 unspecified atom stereocenters. The van der Waals surface area contributed by atoms with E-state index in [2.05, 4.69) is 10.4 Å². The van der Waals surface area contributed by atoms with Crippen LogP contribution in [-0.4, -0.2) is 15.7 Å². The van der Waals surface area contributed by atoms with E-state index in [1.54, 1.807) is 6.20 Å². The smallest absolute Gasteiger partial charge is 0.224 e. The molecule has 0 aliphatic heterocycles. The standard InChI is InChI=1S/C21H21ClFN3O/c1-13-6-4-5-7-20(13)26-15(3)18(12-24-26)14(2)25-21(27)10-16-8-9-17(23)11-19(16)22/h4-9,11-12,14H,10H2,1-3H3,(H,25,27)/t14-/m1/s1. The Bertz CT molecular complexity index is 983. The Morgan fingerprint density at radius 3 is 2.70 bits per heavy atom. The third-order valence-corrected chi connectivity index (χ3v) is 4.95. The van der Waals surface area contributed by atoms with E-state index in [1.807, 2.05) is 49.7 Å². The lowest BCUT2D eigenvalue weighted by Crippen LogP contribution is -2.28. The Balaban J connectivity index is 1.74. The molecule has 3 rings (SSSR count). The lowest BCUT2D eigenvalue weighted by molar-refractivity contribution is -0.121. The number of aromatic nitrogens is 2. The number of carbonyl (C=O) groups excluding carboxylic acids is 1. The van der Waals surface area contributed by atoms with Crippen molar-refractivity contribution in [3.63, 3.8) is 0 Å². The van der Waals surface area contributed by atoms with E-state index in [9.17, 15) is 9.18 Å². The minimum atomic E-state index is -0.420. The van der Waals surface area contributed by atoms with Gasteiger partial charge < -0.3 is 5.32 Å². The maximum atomic E-state index is 13.1. The molecular formula is C21H21ClFN3O. The summed E-state index contributed by atoms with van der Waals surface area (Å²) in [5.41, 5.74) is 4.64. The number of hydrogen-bond acceptors (Lipinski definition) is 2. The lowest BCUT2D eigenvalue weighted by atomic mass is 10.1. The molecule has 140 valence electrons. The number of nitrogens with zero attached hydrogens (tertiary/aromatic N) is 2. The molecule has 4 nitrogen and oxygen atoms in total. The summed E-state index contributed by atoms with van der Waals surface area (Å²) in [5.74, 6) is -0.601. The zero-order chi connectivity index (χ0) is 19.6. The molecule has 1 atom stereocenters. The first-order chi connectivity index (χ1) is 12.9. The molecule has 1 N–H and O–H groups in total. The summed E-state index contributed by atoms with van der Waals surface area (Å²) >= 11 is 6.01. The molecule has 0 aliphatic carbocycles. The van der Waals surface area contributed by atoms with Crippen LogP contribution in [0.4, 0.5) is 4.39 Å². The summed E-state index contributed by atoms with van der Waals surface area (Å²) < 4.78 is 15.0. The molecular weight excluding hydrogens is 365 g/mol. The topological polar surface area (TPSA) is 46.9 Å². The fourth-order valence-corrected chi connectivity index (χ4v) is 3.33. The number of nitrogens with one attached hydrogen (secondary N) is 1. The molecule has 2 aromatic carbocycles. The fourth-order valence-electron chi connectivity index (χ4n) is 3.10. The van der Waals surface area contributed by atoms with Gasteiger partial charge >= 0.3 is 0 Å². The van der Waals surface area contributed by atoms with Gasteiger partial charge in [0.1, 0.15) is 5.82 Å². The van der Waals surface area contributed by atoms with E-state index in [1.165, 1.54) is 18.2 Å². The van der Waals surface area contributed by atoms with Crippen molar-refractivity contribution in [2.24, 2.45) is 0 Å². The minimum absolute atomic E-state index is 0.0917. The number of rotatable bonds is 5. The molecule has 1 amide bonds. The van der Waals surface area contributed by atoms with Crippen molar-refractivity contribution in [2.45, 2.75) is 33.2 Å². The number of halogens is 2. The molecule has 1 heterocycles. The number of aryl methyl sites for hydroxylation is 1. The Morgan fingerprint density at radius 2 is 2.00 bits per heavy atom. The Hall–Kier alpha value is -2.66. The van der Waals surface area contributed by atoms with Crippen molar-refractivity contribution in [3.8, 4) is 5.69 Å². The van der Waals surface area contributed by atoms with Gasteiger partial charge in [-0.15, -0.1) is 0 Å². The predicted molar refractivity (Wildman–Crippen MR) is 105 cm³/mol. The molecule has 6 heteroatoms. The Kier molecular flexibility index (Phi) is 5.61. The van der Waals surface area contributed by atoms with E-state index in [0.717, 1.165) is 22.5 Å². The zero-order valence-electron chi connectivity index (χ0n) is 15.5. The highest BCUT2D eigenvalue weighted by Gasteiger charge is 2.17. The largest absolute Gasteiger partial charge is 0.349 e. The van der Waals surface area contributed by atoms with Gasteiger partial charge in [-0.1, -0.05) is 35.9 Å². The minimum Gasteiger partial charge on any atom is -0.349 e. The highest BCUT2D eigenvalue weighted by Crippen LogP contribution is 2.23. The first-order valence-corrected chi connectivity index (χ1v) is 9.08. The van der Waals surface area contributed by atoms with Gasteiger partial charge in [-0.05, 0) is 50.1 Å². The highest BCUT2D eigenvalue weighted by molar-refractivity contribution is 6.31. The molecule has 27 heavy (non-hydrogen) atoms. The molecule has 3 aromatic rings. The maximum Gasteiger partial charge on any atom is 0.224 e. The van der Waals surface area contributed by atoms with Gasteiger partial charge in [0.05, 0.1) is 24.3 Å². The van der Waals surface area contributed by atoms with Crippen LogP contribution in [0.1, 0.15) is 35.3 Å². The number of benzene rings is 2. The van der Waals surface area contributed by atoms with Crippen molar-refractivity contribution in [1.29, 1.82) is 0 Å². The van der Waals surface area contributed by atoms with Gasteiger partial charge in [-0.2, -0.15) is 5.10 Å². The van der Waals surface area contributed by atoms with Crippen molar-refractivity contribution in [1.82, 2.24) is 15.1 Å². The van der Waals surface area contributed by atoms with Crippen LogP contribution in [0.15, 0.2) is 48.7 Å². The summed E-state index contributed by atoms with van der Waals surface area (Å²) in [6.45, 7) is 5.93. The number of hydrogen-bond donors (Lipinski definition) is 1. The summed E-state index contributed by atoms with van der Waals surface area (Å²) in [4.78, 5) is 12.4. The third-order valence-electron chi connectivity index (χ3n) is 4.60. The second kappa shape index (κ2) is 7.92. The van der Waals surface area contributed by atoms with Crippen LogP contribution in [0.2, 0.25) is 5.02 Å². The first kappa shape index (κ1) is 19.1. The van der Waals surface area contributed by atoms with Crippen molar-refractivity contribution in [3.05, 3.63) is 81.9 Å². The van der Waals surface area contributed by atoms with E-state index in [0.29, 0.717) is 5.56 Å². The second-order valence-corrected chi connectivity index (χ2v) is 6.99. The van der Waals surface area contributed by atoms with Crippen LogP contribution in [0.5, 0.6) is 0 Å². The zero-order valence-corrected chi connectivity index (χ0v) is 16.2. The SMILES string of the molecule is Cc1ccccc1-n1ncc([C@@H](C)NC(=O)Cc2ccc(F)cc2Cl)c1C. The monoisotopic (exact) mass is 385 g/mol. The van der Waals surface area contributed by atoms with Crippen LogP contribution < -0.4 is 5.32 Å². The lowest BCUT2D eigenvalue weighted by Gasteiger charge is -2.15. The third kappa shape index (κ3) is 4.19. The van der Waals surface area contributed by atoms with Crippen LogP contribution in [0.25, 0.3) is 5.69 Å². The van der Waals surface area contributed by atoms with Crippen LogP contribution >= 0.6 is 11.6 Å². The molecule has 1 aromatic heterocycles. The van der Waals surface area contributed by atoms with E-state index in [4.69, 9.17) is 11.6 Å². The predicted octanol–water partition coefficient (Wildman–Crippen LogP) is 4.70. The number of para-hydroxylation sites is 1. The van der Waals surface area contributed by atoms with Gasteiger partial charge in [0, 0.05) is 16.3 Å². The van der Waals surface area contributed by atoms with Crippen molar-refractivity contribution >= 4 is 17.5 Å². The molecule has 0 radical (unpaired) electrons. The maximum absolute atomic E-state index is 13.1. The van der Waals surface area contributed by atoms with E-state index >= 15 is 0 Å². The van der Waals surface area contributed by atoms with Gasteiger partial charge in [0.2, 0.25) is 5.91 Å². The van der Waals surface area contributed by atoms with Gasteiger partial charge in [-0.25, -0.2) is 9.07 Å². The number of carbonyl (C=O) groups is 1. The van der Waals surface area contributed by atoms with E-state index < -0.39 is 5.82 Å². The number of amides is 1. The quantitative estimate of drug-likeness (QED) is 0.691. The molecule has 0 saturated carbocycles. The van der Waals surface area contributed by atoms with Gasteiger partial charge in [0.15, 0.2) is 0 Å². The van der Waals surface area contributed by atoms with Gasteiger partial charge in [-0.3, -0.25) is 4.79 Å². The average Bonchev–Trinajstić information content (AvgIpc) is 2.99. The molecule has 0 fully saturated rings. The summed E-state index contributed by atoms with van der Waals surface area (Å²) in [7, 11) is 0. The first-order valence-electron chi connectivity index (χ1n) is 8.70. The average molecular weight is 386 g/mol. The van der Waals surface area contributed by atoms with Crippen LogP contribution in [0, 0.1) is 19.7 Å². The van der Waals surface area contributed by atoms with Gasteiger partial charge in [0.25, 0.3) is 0 Å². The molecule has 0 aliphatic rings. The summed E-state index contributed by atoms with van der Waals surface area (Å²) in [6.07, 6.45) is 1.87. The molecule has 0 spiro atoms. The van der Waals surface area contributed by atoms with Crippen LogP contribution in [-0.2, 0) is 11.2 Å².